The van der Waals surface area contributed by atoms with Crippen LogP contribution in [0, 0.1) is 5.92 Å². The number of sulfonamides is 1. The van der Waals surface area contributed by atoms with E-state index in [0.717, 1.165) is 25.5 Å². The van der Waals surface area contributed by atoms with Crippen molar-refractivity contribution in [1.29, 1.82) is 0 Å². The van der Waals surface area contributed by atoms with Crippen molar-refractivity contribution < 1.29 is 13.2 Å². The van der Waals surface area contributed by atoms with Crippen LogP contribution >= 0.6 is 0 Å². The van der Waals surface area contributed by atoms with Crippen molar-refractivity contribution in [2.75, 3.05) is 43.4 Å². The second-order valence-corrected chi connectivity index (χ2v) is 7.97. The topological polar surface area (TPSA) is 75.6 Å². The lowest BCUT2D eigenvalue weighted by molar-refractivity contribution is -0.00175. The zero-order chi connectivity index (χ0) is 15.6. The lowest BCUT2D eigenvalue weighted by Gasteiger charge is -2.37. The van der Waals surface area contributed by atoms with Gasteiger partial charge in [-0.25, -0.2) is 18.4 Å². The Kier molecular flexibility index (Phi) is 4.60. The Morgan fingerprint density at radius 1 is 1.27 bits per heavy atom. The van der Waals surface area contributed by atoms with Gasteiger partial charge in [-0.2, -0.15) is 4.31 Å². The molecule has 22 heavy (non-hydrogen) atoms. The first-order chi connectivity index (χ1) is 10.6. The second kappa shape index (κ2) is 6.47. The van der Waals surface area contributed by atoms with E-state index in [1.54, 1.807) is 29.7 Å². The highest BCUT2D eigenvalue weighted by atomic mass is 32.2. The van der Waals surface area contributed by atoms with Gasteiger partial charge in [-0.05, 0) is 19.4 Å². The van der Waals surface area contributed by atoms with Crippen LogP contribution in [0.1, 0.15) is 13.3 Å². The predicted molar refractivity (Wildman–Crippen MR) is 83.1 cm³/mol. The van der Waals surface area contributed by atoms with Gasteiger partial charge >= 0.3 is 0 Å². The van der Waals surface area contributed by atoms with Crippen molar-refractivity contribution in [3.63, 3.8) is 0 Å². The summed E-state index contributed by atoms with van der Waals surface area (Å²) in [6, 6.07) is 1.80. The van der Waals surface area contributed by atoms with Crippen LogP contribution in [0.4, 0.5) is 5.95 Å². The van der Waals surface area contributed by atoms with Gasteiger partial charge in [0, 0.05) is 44.5 Å². The number of hydrogen-bond acceptors (Lipinski definition) is 6. The Balaban J connectivity index is 1.70. The molecule has 0 radical (unpaired) electrons. The van der Waals surface area contributed by atoms with Crippen LogP contribution in [0.25, 0.3) is 0 Å². The molecular formula is C14H22N4O3S. The summed E-state index contributed by atoms with van der Waals surface area (Å²) in [4.78, 5) is 10.7. The van der Waals surface area contributed by atoms with E-state index < -0.39 is 10.0 Å². The summed E-state index contributed by atoms with van der Waals surface area (Å²) < 4.78 is 31.6. The van der Waals surface area contributed by atoms with Gasteiger partial charge in [-0.3, -0.25) is 0 Å². The van der Waals surface area contributed by atoms with Crippen molar-refractivity contribution >= 4 is 16.0 Å². The molecule has 1 aromatic rings. The van der Waals surface area contributed by atoms with Gasteiger partial charge in [0.15, 0.2) is 0 Å². The Morgan fingerprint density at radius 3 is 2.77 bits per heavy atom. The zero-order valence-electron chi connectivity index (χ0n) is 12.8. The molecule has 3 rings (SSSR count). The summed E-state index contributed by atoms with van der Waals surface area (Å²) in [6.07, 6.45) is 4.25. The average molecular weight is 326 g/mol. The lowest BCUT2D eigenvalue weighted by Crippen LogP contribution is -2.49. The molecule has 1 aromatic heterocycles. The number of hydrogen-bond donors (Lipinski definition) is 0. The third kappa shape index (κ3) is 3.23. The molecule has 0 spiro atoms. The number of piperidine rings is 1. The SMILES string of the molecule is CCS(=O)(=O)N1CC[C@H]2CN(c3ncccn3)CCO[C@H]2C1. The Morgan fingerprint density at radius 2 is 2.05 bits per heavy atom. The molecule has 0 aromatic carbocycles. The monoisotopic (exact) mass is 326 g/mol. The Labute approximate surface area is 131 Å². The van der Waals surface area contributed by atoms with Gasteiger partial charge in [0.2, 0.25) is 16.0 Å². The van der Waals surface area contributed by atoms with E-state index in [1.807, 2.05) is 0 Å². The Bertz CT molecular complexity index is 595. The van der Waals surface area contributed by atoms with Crippen molar-refractivity contribution in [2.45, 2.75) is 19.4 Å². The number of anilines is 1. The van der Waals surface area contributed by atoms with Crippen molar-refractivity contribution in [3.05, 3.63) is 18.5 Å². The van der Waals surface area contributed by atoms with E-state index in [-0.39, 0.29) is 11.9 Å². The summed E-state index contributed by atoms with van der Waals surface area (Å²) >= 11 is 0. The van der Waals surface area contributed by atoms with Gasteiger partial charge in [-0.15, -0.1) is 0 Å². The third-order valence-corrected chi connectivity index (χ3v) is 6.25. The predicted octanol–water partition coefficient (Wildman–Crippen LogP) is 0.353. The quantitative estimate of drug-likeness (QED) is 0.798. The molecule has 2 saturated heterocycles. The highest BCUT2D eigenvalue weighted by Crippen LogP contribution is 2.26. The first-order valence-electron chi connectivity index (χ1n) is 7.71. The van der Waals surface area contributed by atoms with Crippen molar-refractivity contribution in [3.8, 4) is 0 Å². The molecule has 8 heteroatoms. The molecule has 0 amide bonds. The molecule has 0 aliphatic carbocycles. The van der Waals surface area contributed by atoms with E-state index in [4.69, 9.17) is 4.74 Å². The maximum Gasteiger partial charge on any atom is 0.225 e. The van der Waals surface area contributed by atoms with Crippen LogP contribution in [0.3, 0.4) is 0 Å². The molecule has 2 aliphatic heterocycles. The zero-order valence-corrected chi connectivity index (χ0v) is 13.6. The molecule has 7 nitrogen and oxygen atoms in total. The van der Waals surface area contributed by atoms with Gasteiger partial charge in [0.1, 0.15) is 0 Å². The molecule has 2 aliphatic rings. The van der Waals surface area contributed by atoms with E-state index in [9.17, 15) is 8.42 Å². The summed E-state index contributed by atoms with van der Waals surface area (Å²) in [7, 11) is -3.13. The second-order valence-electron chi connectivity index (χ2n) is 5.71. The fourth-order valence-electron chi connectivity index (χ4n) is 3.09. The first kappa shape index (κ1) is 15.6. The molecule has 122 valence electrons. The van der Waals surface area contributed by atoms with Crippen LogP contribution in [0.15, 0.2) is 18.5 Å². The minimum absolute atomic E-state index is 0.0382. The average Bonchev–Trinajstić information content (AvgIpc) is 2.77. The summed E-state index contributed by atoms with van der Waals surface area (Å²) in [5.74, 6) is 1.18. The maximum atomic E-state index is 12.0. The third-order valence-electron chi connectivity index (χ3n) is 4.40. The van der Waals surface area contributed by atoms with E-state index in [0.29, 0.717) is 25.6 Å². The number of fused-ring (bicyclic) bond motifs is 1. The minimum atomic E-state index is -3.13. The van der Waals surface area contributed by atoms with Crippen LogP contribution in [-0.4, -0.2) is 67.3 Å². The molecule has 0 N–H and O–H groups in total. The number of rotatable bonds is 3. The minimum Gasteiger partial charge on any atom is -0.375 e. The van der Waals surface area contributed by atoms with Gasteiger partial charge in [0.05, 0.1) is 18.5 Å². The number of nitrogens with zero attached hydrogens (tertiary/aromatic N) is 4. The highest BCUT2D eigenvalue weighted by Gasteiger charge is 2.37. The van der Waals surface area contributed by atoms with Crippen LogP contribution in [-0.2, 0) is 14.8 Å². The number of ether oxygens (including phenoxy) is 1. The molecular weight excluding hydrogens is 304 g/mol. The highest BCUT2D eigenvalue weighted by molar-refractivity contribution is 7.89. The molecule has 0 unspecified atom stereocenters. The largest absolute Gasteiger partial charge is 0.375 e. The van der Waals surface area contributed by atoms with Crippen LogP contribution in [0.2, 0.25) is 0 Å². The molecule has 2 fully saturated rings. The summed E-state index contributed by atoms with van der Waals surface area (Å²) in [5, 5.41) is 0. The summed E-state index contributed by atoms with van der Waals surface area (Å²) in [6.45, 7) is 4.84. The number of aromatic nitrogens is 2. The van der Waals surface area contributed by atoms with E-state index in [2.05, 4.69) is 14.9 Å². The lowest BCUT2D eigenvalue weighted by atomic mass is 9.94. The van der Waals surface area contributed by atoms with Gasteiger partial charge in [-0.1, -0.05) is 0 Å². The fourth-order valence-corrected chi connectivity index (χ4v) is 4.22. The van der Waals surface area contributed by atoms with Gasteiger partial charge in [0.25, 0.3) is 0 Å². The van der Waals surface area contributed by atoms with Crippen molar-refractivity contribution in [2.24, 2.45) is 5.92 Å². The first-order valence-corrected chi connectivity index (χ1v) is 9.32. The smallest absolute Gasteiger partial charge is 0.225 e. The van der Waals surface area contributed by atoms with E-state index in [1.165, 1.54) is 0 Å². The maximum absolute atomic E-state index is 12.0. The summed E-state index contributed by atoms with van der Waals surface area (Å²) in [5.41, 5.74) is 0. The standard InChI is InChI=1S/C14H22N4O3S/c1-2-22(19,20)18-7-4-12-10-17(8-9-21-13(12)11-18)14-15-5-3-6-16-14/h3,5-6,12-13H,2,4,7-11H2,1H3/t12-,13-/m0/s1. The van der Waals surface area contributed by atoms with Gasteiger partial charge < -0.3 is 9.64 Å². The fraction of sp³-hybridized carbons (Fsp3) is 0.714. The Hall–Kier alpha value is -1.25. The molecule has 0 bridgehead atoms. The normalized spacial score (nSPS) is 27.2. The molecule has 2 atom stereocenters. The molecule has 0 saturated carbocycles. The van der Waals surface area contributed by atoms with Crippen molar-refractivity contribution in [1.82, 2.24) is 14.3 Å². The molecule has 3 heterocycles. The van der Waals surface area contributed by atoms with E-state index >= 15 is 0 Å². The van der Waals surface area contributed by atoms with Crippen LogP contribution < -0.4 is 4.90 Å². The van der Waals surface area contributed by atoms with Crippen LogP contribution in [0.5, 0.6) is 0 Å².